The van der Waals surface area contributed by atoms with Crippen molar-refractivity contribution in [3.05, 3.63) is 34.3 Å². The predicted octanol–water partition coefficient (Wildman–Crippen LogP) is 3.90. The molecule has 0 radical (unpaired) electrons. The molecule has 1 nitrogen and oxygen atoms in total. The molecule has 1 N–H and O–H groups in total. The minimum Gasteiger partial charge on any atom is -0.308 e. The lowest BCUT2D eigenvalue weighted by molar-refractivity contribution is 0.468. The van der Waals surface area contributed by atoms with Gasteiger partial charge in [-0.15, -0.1) is 0 Å². The first kappa shape index (κ1) is 11.7. The van der Waals surface area contributed by atoms with E-state index in [0.717, 1.165) is 6.42 Å². The molecule has 0 bridgehead atoms. The van der Waals surface area contributed by atoms with Crippen molar-refractivity contribution in [2.45, 2.75) is 39.3 Å². The van der Waals surface area contributed by atoms with Gasteiger partial charge >= 0.3 is 0 Å². The lowest BCUT2D eigenvalue weighted by atomic mass is 10.1. The van der Waals surface area contributed by atoms with Crippen LogP contribution in [0, 0.1) is 0 Å². The van der Waals surface area contributed by atoms with Gasteiger partial charge in [-0.25, -0.2) is 0 Å². The van der Waals surface area contributed by atoms with Gasteiger partial charge in [0.1, 0.15) is 0 Å². The van der Waals surface area contributed by atoms with E-state index in [9.17, 15) is 0 Å². The van der Waals surface area contributed by atoms with Gasteiger partial charge in [0.2, 0.25) is 0 Å². The fourth-order valence-corrected chi connectivity index (χ4v) is 2.09. The summed E-state index contributed by atoms with van der Waals surface area (Å²) >= 11 is 3.57. The Morgan fingerprint density at radius 3 is 2.50 bits per heavy atom. The maximum atomic E-state index is 3.57. The van der Waals surface area contributed by atoms with Crippen LogP contribution in [-0.4, -0.2) is 6.04 Å². The van der Waals surface area contributed by atoms with Crippen LogP contribution in [0.15, 0.2) is 28.7 Å². The summed E-state index contributed by atoms with van der Waals surface area (Å²) in [4.78, 5) is 0. The zero-order chi connectivity index (χ0) is 10.6. The van der Waals surface area contributed by atoms with Gasteiger partial charge in [0, 0.05) is 16.6 Å². The van der Waals surface area contributed by atoms with E-state index in [1.165, 1.54) is 10.0 Å². The number of hydrogen-bond acceptors (Lipinski definition) is 1. The molecule has 0 fully saturated rings. The summed E-state index contributed by atoms with van der Waals surface area (Å²) in [6, 6.07) is 9.34. The largest absolute Gasteiger partial charge is 0.308 e. The molecule has 0 spiro atoms. The van der Waals surface area contributed by atoms with Crippen LogP contribution in [-0.2, 0) is 0 Å². The van der Waals surface area contributed by atoms with Gasteiger partial charge in [-0.1, -0.05) is 41.1 Å². The molecule has 0 saturated carbocycles. The molecule has 78 valence electrons. The van der Waals surface area contributed by atoms with Gasteiger partial charge < -0.3 is 5.32 Å². The van der Waals surface area contributed by atoms with Crippen LogP contribution in [0.2, 0.25) is 0 Å². The average molecular weight is 256 g/mol. The smallest absolute Gasteiger partial charge is 0.0305 e. The third kappa shape index (κ3) is 3.10. The van der Waals surface area contributed by atoms with Crippen molar-refractivity contribution in [2.24, 2.45) is 0 Å². The average Bonchev–Trinajstić information content (AvgIpc) is 2.18. The van der Waals surface area contributed by atoms with Crippen LogP contribution in [0.5, 0.6) is 0 Å². The summed E-state index contributed by atoms with van der Waals surface area (Å²) in [5.74, 6) is 0. The molecule has 0 heterocycles. The molecule has 1 aromatic rings. The van der Waals surface area contributed by atoms with Crippen LogP contribution in [0.25, 0.3) is 0 Å². The molecule has 0 aliphatic rings. The van der Waals surface area contributed by atoms with Crippen LogP contribution >= 0.6 is 15.9 Å². The molecule has 2 unspecified atom stereocenters. The molecule has 0 amide bonds. The first-order valence-electron chi connectivity index (χ1n) is 5.15. The Kier molecular flexibility index (Phi) is 4.63. The van der Waals surface area contributed by atoms with E-state index in [1.54, 1.807) is 0 Å². The van der Waals surface area contributed by atoms with Crippen molar-refractivity contribution in [3.8, 4) is 0 Å². The summed E-state index contributed by atoms with van der Waals surface area (Å²) in [6.45, 7) is 6.62. The molecular formula is C12H18BrN. The molecule has 0 aromatic heterocycles. The van der Waals surface area contributed by atoms with E-state index in [0.29, 0.717) is 12.1 Å². The van der Waals surface area contributed by atoms with Crippen molar-refractivity contribution in [2.75, 3.05) is 0 Å². The highest BCUT2D eigenvalue weighted by molar-refractivity contribution is 9.10. The first-order chi connectivity index (χ1) is 6.65. The topological polar surface area (TPSA) is 12.0 Å². The first-order valence-corrected chi connectivity index (χ1v) is 5.95. The van der Waals surface area contributed by atoms with Crippen LogP contribution < -0.4 is 5.32 Å². The molecule has 14 heavy (non-hydrogen) atoms. The summed E-state index contributed by atoms with van der Waals surface area (Å²) < 4.78 is 1.18. The van der Waals surface area contributed by atoms with E-state index in [4.69, 9.17) is 0 Å². The lowest BCUT2D eigenvalue weighted by Gasteiger charge is -2.20. The highest BCUT2D eigenvalue weighted by atomic mass is 79.9. The molecule has 0 aliphatic heterocycles. The van der Waals surface area contributed by atoms with Crippen LogP contribution in [0.1, 0.15) is 38.8 Å². The molecule has 2 heteroatoms. The lowest BCUT2D eigenvalue weighted by Crippen LogP contribution is -2.28. The Hall–Kier alpha value is -0.340. The Bertz CT molecular complexity index is 285. The summed E-state index contributed by atoms with van der Waals surface area (Å²) in [5, 5.41) is 3.56. The Morgan fingerprint density at radius 1 is 1.29 bits per heavy atom. The quantitative estimate of drug-likeness (QED) is 0.861. The highest BCUT2D eigenvalue weighted by Gasteiger charge is 2.09. The van der Waals surface area contributed by atoms with E-state index >= 15 is 0 Å². The zero-order valence-corrected chi connectivity index (χ0v) is 10.6. The maximum Gasteiger partial charge on any atom is 0.0305 e. The summed E-state index contributed by atoms with van der Waals surface area (Å²) in [6.07, 6.45) is 1.16. The summed E-state index contributed by atoms with van der Waals surface area (Å²) in [5.41, 5.74) is 1.33. The number of rotatable bonds is 4. The monoisotopic (exact) mass is 255 g/mol. The van der Waals surface area contributed by atoms with E-state index < -0.39 is 0 Å². The maximum absolute atomic E-state index is 3.57. The third-order valence-corrected chi connectivity index (χ3v) is 3.24. The van der Waals surface area contributed by atoms with Gasteiger partial charge in [-0.3, -0.25) is 0 Å². The van der Waals surface area contributed by atoms with Crippen molar-refractivity contribution in [1.29, 1.82) is 0 Å². The normalized spacial score (nSPS) is 15.1. The van der Waals surface area contributed by atoms with Crippen molar-refractivity contribution in [3.63, 3.8) is 0 Å². The molecule has 0 aliphatic carbocycles. The van der Waals surface area contributed by atoms with E-state index in [1.807, 2.05) is 6.07 Å². The minimum absolute atomic E-state index is 0.403. The molecular weight excluding hydrogens is 238 g/mol. The Morgan fingerprint density at radius 2 is 1.93 bits per heavy atom. The second kappa shape index (κ2) is 5.52. The second-order valence-electron chi connectivity index (χ2n) is 3.72. The van der Waals surface area contributed by atoms with Crippen molar-refractivity contribution in [1.82, 2.24) is 5.32 Å². The van der Waals surface area contributed by atoms with Gasteiger partial charge in [-0.05, 0) is 31.9 Å². The number of benzene rings is 1. The van der Waals surface area contributed by atoms with Gasteiger partial charge in [0.15, 0.2) is 0 Å². The second-order valence-corrected chi connectivity index (χ2v) is 4.57. The number of hydrogen-bond donors (Lipinski definition) is 1. The van der Waals surface area contributed by atoms with Gasteiger partial charge in [0.05, 0.1) is 0 Å². The SMILES string of the molecule is CCC(C)NC(C)c1ccccc1Br. The predicted molar refractivity (Wildman–Crippen MR) is 65.4 cm³/mol. The number of halogens is 1. The third-order valence-electron chi connectivity index (χ3n) is 2.52. The van der Waals surface area contributed by atoms with Crippen molar-refractivity contribution >= 4 is 15.9 Å². The van der Waals surface area contributed by atoms with E-state index in [-0.39, 0.29) is 0 Å². The van der Waals surface area contributed by atoms with E-state index in [2.05, 4.69) is 60.2 Å². The van der Waals surface area contributed by atoms with Gasteiger partial charge in [0.25, 0.3) is 0 Å². The Balaban J connectivity index is 2.69. The number of nitrogens with one attached hydrogen (secondary N) is 1. The standard InChI is InChI=1S/C12H18BrN/c1-4-9(2)14-10(3)11-7-5-6-8-12(11)13/h5-10,14H,4H2,1-3H3. The Labute approximate surface area is 95.0 Å². The zero-order valence-electron chi connectivity index (χ0n) is 9.05. The van der Waals surface area contributed by atoms with Crippen LogP contribution in [0.3, 0.4) is 0 Å². The fourth-order valence-electron chi connectivity index (χ4n) is 1.46. The van der Waals surface area contributed by atoms with Crippen molar-refractivity contribution < 1.29 is 0 Å². The highest BCUT2D eigenvalue weighted by Crippen LogP contribution is 2.23. The van der Waals surface area contributed by atoms with Gasteiger partial charge in [-0.2, -0.15) is 0 Å². The molecule has 0 saturated heterocycles. The minimum atomic E-state index is 0.403. The fraction of sp³-hybridized carbons (Fsp3) is 0.500. The molecule has 1 aromatic carbocycles. The molecule has 2 atom stereocenters. The van der Waals surface area contributed by atoms with Crippen LogP contribution in [0.4, 0.5) is 0 Å². The summed E-state index contributed by atoms with van der Waals surface area (Å²) in [7, 11) is 0. The molecule has 1 rings (SSSR count).